The van der Waals surface area contributed by atoms with Crippen LogP contribution in [0.2, 0.25) is 0 Å². The van der Waals surface area contributed by atoms with Gasteiger partial charge in [-0.25, -0.2) is 8.42 Å². The van der Waals surface area contributed by atoms with Crippen molar-refractivity contribution in [3.8, 4) is 0 Å². The second kappa shape index (κ2) is 9.47. The second-order valence-corrected chi connectivity index (χ2v) is 11.3. The topological polar surface area (TPSA) is 60.9 Å². The number of aryl methyl sites for hydroxylation is 1. The summed E-state index contributed by atoms with van der Waals surface area (Å²) in [4.78, 5) is 17.9. The van der Waals surface area contributed by atoms with Gasteiger partial charge in [0.05, 0.1) is 5.69 Å². The van der Waals surface area contributed by atoms with E-state index in [1.54, 1.807) is 10.4 Å². The molecule has 3 aliphatic heterocycles. The molecule has 0 N–H and O–H groups in total. The highest BCUT2D eigenvalue weighted by Gasteiger charge is 2.32. The van der Waals surface area contributed by atoms with Crippen LogP contribution < -0.4 is 9.80 Å². The molecule has 33 heavy (non-hydrogen) atoms. The van der Waals surface area contributed by atoms with E-state index in [-0.39, 0.29) is 5.91 Å². The summed E-state index contributed by atoms with van der Waals surface area (Å²) in [7, 11) is -3.67. The molecule has 6 nitrogen and oxygen atoms in total. The average Bonchev–Trinajstić information content (AvgIpc) is 2.88. The minimum atomic E-state index is -3.67. The lowest BCUT2D eigenvalue weighted by Gasteiger charge is -2.33. The van der Waals surface area contributed by atoms with E-state index in [1.807, 2.05) is 35.2 Å². The van der Waals surface area contributed by atoms with Crippen molar-refractivity contribution in [2.45, 2.75) is 56.3 Å². The molecule has 0 bridgehead atoms. The van der Waals surface area contributed by atoms with Crippen LogP contribution in [0.25, 0.3) is 0 Å². The molecule has 0 saturated carbocycles. The smallest absolute Gasteiger partial charge is 0.258 e. The summed E-state index contributed by atoms with van der Waals surface area (Å²) in [5.41, 5.74) is 3.30. The molecule has 2 aromatic rings. The lowest BCUT2D eigenvalue weighted by atomic mass is 10.0. The Morgan fingerprint density at radius 3 is 2.18 bits per heavy atom. The Morgan fingerprint density at radius 2 is 1.42 bits per heavy atom. The third-order valence-corrected chi connectivity index (χ3v) is 9.12. The zero-order valence-electron chi connectivity index (χ0n) is 19.2. The maximum absolute atomic E-state index is 13.8. The van der Waals surface area contributed by atoms with E-state index in [0.717, 1.165) is 69.4 Å². The first-order valence-corrected chi connectivity index (χ1v) is 13.8. The molecule has 2 aromatic carbocycles. The van der Waals surface area contributed by atoms with Crippen molar-refractivity contribution in [1.82, 2.24) is 4.31 Å². The highest BCUT2D eigenvalue weighted by Crippen LogP contribution is 2.34. The van der Waals surface area contributed by atoms with Gasteiger partial charge < -0.3 is 9.80 Å². The van der Waals surface area contributed by atoms with Crippen LogP contribution in [0.3, 0.4) is 0 Å². The highest BCUT2D eigenvalue weighted by molar-refractivity contribution is 7.89. The van der Waals surface area contributed by atoms with Crippen LogP contribution in [0.15, 0.2) is 47.4 Å². The molecule has 3 heterocycles. The van der Waals surface area contributed by atoms with E-state index in [4.69, 9.17) is 0 Å². The fourth-order valence-electron chi connectivity index (χ4n) is 5.39. The first-order chi connectivity index (χ1) is 16.1. The standard InChI is InChI=1S/C26H33N3O3S/c30-26(29-19-9-11-21-10-3-4-12-23(21)29)22-13-14-24(27-15-5-1-6-16-27)25(20-22)33(31,32)28-17-7-2-8-18-28/h3-4,10,12-14,20H,1-2,5-9,11,15-19H2. The number of rotatable bonds is 4. The predicted octanol–water partition coefficient (Wildman–Crippen LogP) is 4.44. The number of anilines is 2. The van der Waals surface area contributed by atoms with Crippen LogP contribution in [-0.4, -0.2) is 51.4 Å². The number of fused-ring (bicyclic) bond motifs is 1. The van der Waals surface area contributed by atoms with Gasteiger partial charge in [0.1, 0.15) is 4.90 Å². The number of piperidine rings is 2. The van der Waals surface area contributed by atoms with Crippen LogP contribution in [0.1, 0.15) is 60.9 Å². The van der Waals surface area contributed by atoms with Gasteiger partial charge in [-0.1, -0.05) is 24.6 Å². The minimum absolute atomic E-state index is 0.123. The van der Waals surface area contributed by atoms with E-state index in [0.29, 0.717) is 30.1 Å². The summed E-state index contributed by atoms with van der Waals surface area (Å²) in [6, 6.07) is 13.3. The zero-order chi connectivity index (χ0) is 22.8. The molecular formula is C26H33N3O3S. The van der Waals surface area contributed by atoms with Gasteiger partial charge in [-0.05, 0) is 74.8 Å². The average molecular weight is 468 g/mol. The summed E-state index contributed by atoms with van der Waals surface area (Å²) in [6.45, 7) is 3.47. The molecule has 0 radical (unpaired) electrons. The number of amides is 1. The molecule has 0 aliphatic carbocycles. The quantitative estimate of drug-likeness (QED) is 0.667. The van der Waals surface area contributed by atoms with Gasteiger partial charge in [-0.2, -0.15) is 4.31 Å². The SMILES string of the molecule is O=C(c1ccc(N2CCCCC2)c(S(=O)(=O)N2CCCCC2)c1)N1CCCc2ccccc21. The van der Waals surface area contributed by atoms with E-state index >= 15 is 0 Å². The fraction of sp³-hybridized carbons (Fsp3) is 0.500. The molecule has 2 fully saturated rings. The maximum Gasteiger partial charge on any atom is 0.258 e. The van der Waals surface area contributed by atoms with Gasteiger partial charge >= 0.3 is 0 Å². The van der Waals surface area contributed by atoms with Crippen LogP contribution >= 0.6 is 0 Å². The van der Waals surface area contributed by atoms with Crippen molar-refractivity contribution in [3.05, 3.63) is 53.6 Å². The van der Waals surface area contributed by atoms with Crippen molar-refractivity contribution in [2.75, 3.05) is 42.5 Å². The molecule has 0 unspecified atom stereocenters. The summed E-state index contributed by atoms with van der Waals surface area (Å²) < 4.78 is 29.2. The zero-order valence-corrected chi connectivity index (χ0v) is 20.0. The van der Waals surface area contributed by atoms with Crippen LogP contribution in [0, 0.1) is 0 Å². The Hall–Kier alpha value is -2.38. The normalized spacial score (nSPS) is 19.9. The molecule has 0 aromatic heterocycles. The van der Waals surface area contributed by atoms with Crippen molar-refractivity contribution in [2.24, 2.45) is 0 Å². The number of nitrogens with zero attached hydrogens (tertiary/aromatic N) is 3. The van der Waals surface area contributed by atoms with Gasteiger partial charge in [0.25, 0.3) is 5.91 Å². The first kappa shape index (κ1) is 22.4. The predicted molar refractivity (Wildman–Crippen MR) is 132 cm³/mol. The van der Waals surface area contributed by atoms with Crippen LogP contribution in [-0.2, 0) is 16.4 Å². The number of carbonyl (C=O) groups is 1. The number of hydrogen-bond acceptors (Lipinski definition) is 4. The molecule has 0 atom stereocenters. The Morgan fingerprint density at radius 1 is 0.727 bits per heavy atom. The Bertz CT molecular complexity index is 1120. The van der Waals surface area contributed by atoms with E-state index in [1.165, 1.54) is 12.0 Å². The fourth-order valence-corrected chi connectivity index (χ4v) is 7.15. The number of benzene rings is 2. The second-order valence-electron chi connectivity index (χ2n) is 9.38. The Labute approximate surface area is 197 Å². The maximum atomic E-state index is 13.8. The Kier molecular flexibility index (Phi) is 6.43. The number of carbonyl (C=O) groups excluding carboxylic acids is 1. The van der Waals surface area contributed by atoms with Crippen molar-refractivity contribution in [3.63, 3.8) is 0 Å². The highest BCUT2D eigenvalue weighted by atomic mass is 32.2. The summed E-state index contributed by atoms with van der Waals surface area (Å²) in [5.74, 6) is -0.123. The van der Waals surface area contributed by atoms with Crippen molar-refractivity contribution < 1.29 is 13.2 Å². The molecule has 3 aliphatic rings. The summed E-state index contributed by atoms with van der Waals surface area (Å²) in [5, 5.41) is 0. The van der Waals surface area contributed by atoms with Crippen LogP contribution in [0.5, 0.6) is 0 Å². The van der Waals surface area contributed by atoms with Crippen molar-refractivity contribution in [1.29, 1.82) is 0 Å². The van der Waals surface area contributed by atoms with Gasteiger partial charge in [-0.3, -0.25) is 4.79 Å². The van der Waals surface area contributed by atoms with E-state index in [2.05, 4.69) is 11.0 Å². The lowest BCUT2D eigenvalue weighted by Crippen LogP contribution is -2.38. The van der Waals surface area contributed by atoms with Gasteiger partial charge in [0, 0.05) is 44.0 Å². The van der Waals surface area contributed by atoms with Gasteiger partial charge in [-0.15, -0.1) is 0 Å². The summed E-state index contributed by atoms with van der Waals surface area (Å²) >= 11 is 0. The van der Waals surface area contributed by atoms with Gasteiger partial charge in [0.2, 0.25) is 10.0 Å². The first-order valence-electron chi connectivity index (χ1n) is 12.3. The Balaban J connectivity index is 1.54. The van der Waals surface area contributed by atoms with Crippen LogP contribution in [0.4, 0.5) is 11.4 Å². The number of hydrogen-bond donors (Lipinski definition) is 0. The minimum Gasteiger partial charge on any atom is -0.370 e. The number of sulfonamides is 1. The monoisotopic (exact) mass is 467 g/mol. The third kappa shape index (κ3) is 4.41. The van der Waals surface area contributed by atoms with Gasteiger partial charge in [0.15, 0.2) is 0 Å². The molecular weight excluding hydrogens is 434 g/mol. The van der Waals surface area contributed by atoms with Crippen molar-refractivity contribution >= 4 is 27.3 Å². The molecule has 5 rings (SSSR count). The largest absolute Gasteiger partial charge is 0.370 e. The number of para-hydroxylation sites is 1. The third-order valence-electron chi connectivity index (χ3n) is 7.19. The van der Waals surface area contributed by atoms with E-state index in [9.17, 15) is 13.2 Å². The molecule has 176 valence electrons. The lowest BCUT2D eigenvalue weighted by molar-refractivity contribution is 0.0985. The molecule has 7 heteroatoms. The molecule has 0 spiro atoms. The summed E-state index contributed by atoms with van der Waals surface area (Å²) in [6.07, 6.45) is 8.02. The van der Waals surface area contributed by atoms with E-state index < -0.39 is 10.0 Å². The molecule has 1 amide bonds. The molecule has 2 saturated heterocycles.